The molecular weight excluding hydrogens is 360 g/mol. The largest absolute Gasteiger partial charge is 0.335 e. The summed E-state index contributed by atoms with van der Waals surface area (Å²) in [6.45, 7) is 5.91. The van der Waals surface area contributed by atoms with Crippen molar-refractivity contribution in [2.75, 3.05) is 26.2 Å². The summed E-state index contributed by atoms with van der Waals surface area (Å²) < 4.78 is 1.93. The fraction of sp³-hybridized carbons (Fsp3) is 0.368. The number of hydrogen-bond acceptors (Lipinski definition) is 6. The molecule has 4 rings (SSSR count). The quantitative estimate of drug-likeness (QED) is 0.692. The lowest BCUT2D eigenvalue weighted by Gasteiger charge is -2.34. The summed E-state index contributed by atoms with van der Waals surface area (Å²) in [6.07, 6.45) is 3.60. The van der Waals surface area contributed by atoms with Crippen molar-refractivity contribution < 1.29 is 4.79 Å². The van der Waals surface area contributed by atoms with Crippen LogP contribution in [0.5, 0.6) is 0 Å². The highest BCUT2D eigenvalue weighted by Gasteiger charge is 2.25. The first kappa shape index (κ1) is 17.8. The van der Waals surface area contributed by atoms with Crippen LogP contribution in [0.4, 0.5) is 0 Å². The Morgan fingerprint density at radius 2 is 2.07 bits per heavy atom. The van der Waals surface area contributed by atoms with Crippen LogP contribution in [0.1, 0.15) is 21.1 Å². The summed E-state index contributed by atoms with van der Waals surface area (Å²) in [5.74, 6) is 0.106. The topological polar surface area (TPSA) is 67.2 Å². The molecule has 0 unspecified atom stereocenters. The number of hydrogen-bond donors (Lipinski definition) is 0. The van der Waals surface area contributed by atoms with Gasteiger partial charge in [0.15, 0.2) is 0 Å². The van der Waals surface area contributed by atoms with Gasteiger partial charge in [-0.05, 0) is 25.1 Å². The molecule has 3 aromatic rings. The van der Waals surface area contributed by atoms with E-state index in [2.05, 4.69) is 26.0 Å². The number of thiazole rings is 1. The van der Waals surface area contributed by atoms with Gasteiger partial charge < -0.3 is 4.90 Å². The van der Waals surface area contributed by atoms with Crippen molar-refractivity contribution in [3.63, 3.8) is 0 Å². The van der Waals surface area contributed by atoms with E-state index in [0.29, 0.717) is 0 Å². The van der Waals surface area contributed by atoms with Crippen molar-refractivity contribution >= 4 is 17.2 Å². The van der Waals surface area contributed by atoms with E-state index in [-0.39, 0.29) is 5.91 Å². The van der Waals surface area contributed by atoms with E-state index in [9.17, 15) is 4.79 Å². The van der Waals surface area contributed by atoms with E-state index in [0.717, 1.165) is 60.2 Å². The first-order chi connectivity index (χ1) is 13.1. The molecule has 0 aliphatic carbocycles. The molecule has 7 nitrogen and oxygen atoms in total. The predicted molar refractivity (Wildman–Crippen MR) is 104 cm³/mol. The molecule has 1 saturated heterocycles. The molecule has 1 aliphatic rings. The summed E-state index contributed by atoms with van der Waals surface area (Å²) in [5.41, 5.74) is 5.68. The number of pyridine rings is 1. The van der Waals surface area contributed by atoms with Gasteiger partial charge in [-0.25, -0.2) is 4.98 Å². The van der Waals surface area contributed by atoms with E-state index < -0.39 is 0 Å². The highest BCUT2D eigenvalue weighted by Crippen LogP contribution is 2.20. The van der Waals surface area contributed by atoms with Crippen molar-refractivity contribution in [2.24, 2.45) is 7.05 Å². The van der Waals surface area contributed by atoms with E-state index in [1.54, 1.807) is 11.7 Å². The fourth-order valence-electron chi connectivity index (χ4n) is 3.30. The van der Waals surface area contributed by atoms with Crippen molar-refractivity contribution in [2.45, 2.75) is 13.5 Å². The van der Waals surface area contributed by atoms with Crippen molar-refractivity contribution in [1.29, 1.82) is 0 Å². The maximum absolute atomic E-state index is 12.6. The molecular formula is C19H22N6OS. The van der Waals surface area contributed by atoms with E-state index >= 15 is 0 Å². The molecule has 0 aromatic carbocycles. The molecule has 0 bridgehead atoms. The third kappa shape index (κ3) is 3.77. The minimum Gasteiger partial charge on any atom is -0.335 e. The standard InChI is InChI=1S/C19H22N6OS/c1-14-18(27-13-21-14)19(26)25-8-6-24(7-9-25)12-16-10-17(22-23(16)2)15-4-3-5-20-11-15/h3-5,10-11,13H,6-9,12H2,1-2H3. The summed E-state index contributed by atoms with van der Waals surface area (Å²) in [6, 6.07) is 6.06. The third-order valence-corrected chi connectivity index (χ3v) is 5.84. The van der Waals surface area contributed by atoms with Gasteiger partial charge in [-0.15, -0.1) is 11.3 Å². The van der Waals surface area contributed by atoms with Crippen molar-refractivity contribution in [3.05, 3.63) is 52.4 Å². The molecule has 3 aromatic heterocycles. The van der Waals surface area contributed by atoms with Crippen LogP contribution in [0.15, 0.2) is 36.1 Å². The SMILES string of the molecule is Cc1ncsc1C(=O)N1CCN(Cc2cc(-c3cccnc3)nn2C)CC1. The number of carbonyl (C=O) groups is 1. The first-order valence-corrected chi connectivity index (χ1v) is 9.85. The molecule has 1 fully saturated rings. The van der Waals surface area contributed by atoms with Gasteiger partial charge in [0.1, 0.15) is 4.88 Å². The predicted octanol–water partition coefficient (Wildman–Crippen LogP) is 2.21. The number of rotatable bonds is 4. The molecule has 0 atom stereocenters. The lowest BCUT2D eigenvalue weighted by Crippen LogP contribution is -2.48. The van der Waals surface area contributed by atoms with Crippen LogP contribution in [0.2, 0.25) is 0 Å². The Balaban J connectivity index is 1.38. The Morgan fingerprint density at radius 1 is 1.26 bits per heavy atom. The fourth-order valence-corrected chi connectivity index (χ4v) is 4.07. The number of amides is 1. The zero-order chi connectivity index (χ0) is 18.8. The molecule has 140 valence electrons. The maximum atomic E-state index is 12.6. The number of aryl methyl sites for hydroxylation is 2. The average molecular weight is 382 g/mol. The van der Waals surface area contributed by atoms with Crippen molar-refractivity contribution in [1.82, 2.24) is 29.5 Å². The monoisotopic (exact) mass is 382 g/mol. The van der Waals surface area contributed by atoms with Gasteiger partial charge in [0.05, 0.1) is 22.6 Å². The highest BCUT2D eigenvalue weighted by molar-refractivity contribution is 7.11. The minimum atomic E-state index is 0.106. The molecule has 1 aliphatic heterocycles. The minimum absolute atomic E-state index is 0.106. The van der Waals surface area contributed by atoms with E-state index in [1.165, 1.54) is 11.3 Å². The number of aromatic nitrogens is 4. The lowest BCUT2D eigenvalue weighted by atomic mass is 10.2. The highest BCUT2D eigenvalue weighted by atomic mass is 32.1. The smallest absolute Gasteiger partial charge is 0.265 e. The molecule has 4 heterocycles. The van der Waals surface area contributed by atoms with Gasteiger partial charge in [-0.3, -0.25) is 19.4 Å². The second-order valence-electron chi connectivity index (χ2n) is 6.72. The van der Waals surface area contributed by atoms with Crippen LogP contribution in [-0.4, -0.2) is 61.6 Å². The van der Waals surface area contributed by atoms with E-state index in [4.69, 9.17) is 0 Å². The zero-order valence-corrected chi connectivity index (χ0v) is 16.3. The average Bonchev–Trinajstić information content (AvgIpc) is 3.28. The van der Waals surface area contributed by atoms with Crippen LogP contribution in [-0.2, 0) is 13.6 Å². The van der Waals surface area contributed by atoms with Crippen LogP contribution < -0.4 is 0 Å². The number of carbonyl (C=O) groups excluding carboxylic acids is 1. The second-order valence-corrected chi connectivity index (χ2v) is 7.58. The van der Waals surface area contributed by atoms with Crippen LogP contribution in [0.25, 0.3) is 11.3 Å². The van der Waals surface area contributed by atoms with Gasteiger partial charge in [-0.1, -0.05) is 0 Å². The van der Waals surface area contributed by atoms with E-state index in [1.807, 2.05) is 41.9 Å². The first-order valence-electron chi connectivity index (χ1n) is 8.97. The summed E-state index contributed by atoms with van der Waals surface area (Å²) in [4.78, 5) is 26.0. The molecule has 0 spiro atoms. The molecule has 8 heteroatoms. The Hall–Kier alpha value is -2.58. The Morgan fingerprint density at radius 3 is 2.74 bits per heavy atom. The summed E-state index contributed by atoms with van der Waals surface area (Å²) >= 11 is 1.42. The lowest BCUT2D eigenvalue weighted by molar-refractivity contribution is 0.0629. The summed E-state index contributed by atoms with van der Waals surface area (Å²) in [5, 5.41) is 4.61. The van der Waals surface area contributed by atoms with Gasteiger partial charge in [-0.2, -0.15) is 5.10 Å². The van der Waals surface area contributed by atoms with Gasteiger partial charge in [0.2, 0.25) is 0 Å². The van der Waals surface area contributed by atoms with Crippen molar-refractivity contribution in [3.8, 4) is 11.3 Å². The number of piperazine rings is 1. The Labute approximate surface area is 162 Å². The number of nitrogens with zero attached hydrogens (tertiary/aromatic N) is 6. The Bertz CT molecular complexity index is 927. The molecule has 0 saturated carbocycles. The van der Waals surface area contributed by atoms with Gasteiger partial charge >= 0.3 is 0 Å². The molecule has 0 radical (unpaired) electrons. The second kappa shape index (κ2) is 7.58. The summed E-state index contributed by atoms with van der Waals surface area (Å²) in [7, 11) is 1.97. The molecule has 1 amide bonds. The maximum Gasteiger partial charge on any atom is 0.265 e. The van der Waals surface area contributed by atoms with Crippen LogP contribution in [0, 0.1) is 6.92 Å². The zero-order valence-electron chi connectivity index (χ0n) is 15.5. The molecule has 27 heavy (non-hydrogen) atoms. The Kier molecular flexibility index (Phi) is 5.00. The molecule has 0 N–H and O–H groups in total. The van der Waals surface area contributed by atoms with Gasteiger partial charge in [0.25, 0.3) is 5.91 Å². The normalized spacial score (nSPS) is 15.3. The van der Waals surface area contributed by atoms with Gasteiger partial charge in [0, 0.05) is 57.7 Å². The van der Waals surface area contributed by atoms with Crippen LogP contribution in [0.3, 0.4) is 0 Å². The van der Waals surface area contributed by atoms with Crippen LogP contribution >= 0.6 is 11.3 Å². The third-order valence-electron chi connectivity index (χ3n) is 4.92.